The van der Waals surface area contributed by atoms with Crippen LogP contribution in [0.4, 0.5) is 4.79 Å². The summed E-state index contributed by atoms with van der Waals surface area (Å²) in [4.78, 5) is 17.6. The minimum absolute atomic E-state index is 0.0674. The van der Waals surface area contributed by atoms with Gasteiger partial charge in [-0.25, -0.2) is 4.79 Å². The van der Waals surface area contributed by atoms with Gasteiger partial charge in [0.1, 0.15) is 11.7 Å². The van der Waals surface area contributed by atoms with E-state index in [9.17, 15) is 4.79 Å². The number of nitrogens with zero attached hydrogens (tertiary/aromatic N) is 2. The van der Waals surface area contributed by atoms with Gasteiger partial charge < -0.3 is 14.4 Å². The molecule has 1 aromatic heterocycles. The zero-order valence-electron chi connectivity index (χ0n) is 14.3. The van der Waals surface area contributed by atoms with Crippen LogP contribution in [0.2, 0.25) is 0 Å². The Hall–Kier alpha value is -1.62. The minimum atomic E-state index is -1.90. The van der Waals surface area contributed by atoms with Crippen molar-refractivity contribution < 1.29 is 17.0 Å². The Morgan fingerprint density at radius 2 is 2.30 bits per heavy atom. The van der Waals surface area contributed by atoms with Crippen molar-refractivity contribution in [3.05, 3.63) is 29.6 Å². The Labute approximate surface area is 122 Å². The van der Waals surface area contributed by atoms with E-state index < -0.39 is 24.3 Å². The maximum atomic E-state index is 12.2. The van der Waals surface area contributed by atoms with Gasteiger partial charge >= 0.3 is 6.09 Å². The van der Waals surface area contributed by atoms with Crippen LogP contribution >= 0.6 is 0 Å². The molecule has 0 radical (unpaired) electrons. The molecule has 2 heterocycles. The molecule has 5 heteroatoms. The van der Waals surface area contributed by atoms with Gasteiger partial charge in [-0.2, -0.15) is 0 Å². The van der Waals surface area contributed by atoms with Gasteiger partial charge in [-0.15, -0.1) is 0 Å². The maximum absolute atomic E-state index is 12.2. The molecule has 1 saturated heterocycles. The van der Waals surface area contributed by atoms with Gasteiger partial charge in [-0.05, 0) is 39.3 Å². The molecule has 110 valence electrons. The van der Waals surface area contributed by atoms with Crippen molar-refractivity contribution in [2.45, 2.75) is 39.4 Å². The van der Waals surface area contributed by atoms with Crippen LogP contribution in [-0.4, -0.2) is 41.2 Å². The van der Waals surface area contributed by atoms with E-state index in [0.717, 1.165) is 10.5 Å². The molecule has 20 heavy (non-hydrogen) atoms. The molecule has 1 amide bonds. The summed E-state index contributed by atoms with van der Waals surface area (Å²) in [7, 11) is 0. The molecule has 1 aliphatic rings. The van der Waals surface area contributed by atoms with Crippen LogP contribution in [0.1, 0.15) is 40.9 Å². The van der Waals surface area contributed by atoms with E-state index in [0.29, 0.717) is 5.69 Å². The van der Waals surface area contributed by atoms with Crippen molar-refractivity contribution in [3.8, 4) is 0 Å². The number of carbonyl (C=O) groups is 1. The summed E-state index contributed by atoms with van der Waals surface area (Å²) in [6, 6.07) is 3.74. The SMILES string of the molecule is [2H]C1([2H])CO[C@@H](c2ccc(C)cn2)CN1C(=O)OC(C)(C)C. The van der Waals surface area contributed by atoms with Crippen LogP contribution in [0, 0.1) is 6.92 Å². The van der Waals surface area contributed by atoms with E-state index >= 15 is 0 Å². The standard InChI is InChI=1S/C15H22N2O3/c1-11-5-6-12(16-9-11)13-10-17(7-8-19-13)14(18)20-15(2,3)4/h5-6,9,13H,7-8,10H2,1-4H3/t13-/m1/s1/i7D2. The molecule has 0 N–H and O–H groups in total. The molecule has 1 aliphatic heterocycles. The number of ether oxygens (including phenoxy) is 2. The molecule has 1 aromatic rings. The van der Waals surface area contributed by atoms with Crippen LogP contribution in [0.25, 0.3) is 0 Å². The third kappa shape index (κ3) is 3.93. The van der Waals surface area contributed by atoms with E-state index in [-0.39, 0.29) is 13.2 Å². The number of carbonyl (C=O) groups excluding carboxylic acids is 1. The Morgan fingerprint density at radius 3 is 2.90 bits per heavy atom. The van der Waals surface area contributed by atoms with Crippen molar-refractivity contribution in [1.82, 2.24) is 9.88 Å². The van der Waals surface area contributed by atoms with Crippen molar-refractivity contribution >= 4 is 6.09 Å². The zero-order chi connectivity index (χ0) is 16.5. The molecule has 0 bridgehead atoms. The van der Waals surface area contributed by atoms with Crippen molar-refractivity contribution in [2.75, 3.05) is 19.6 Å². The molecule has 0 saturated carbocycles. The van der Waals surface area contributed by atoms with Gasteiger partial charge in [-0.3, -0.25) is 4.98 Å². The molecular formula is C15H22N2O3. The summed E-state index contributed by atoms with van der Waals surface area (Å²) in [5.41, 5.74) is 1.02. The molecule has 0 aliphatic carbocycles. The number of hydrogen-bond acceptors (Lipinski definition) is 4. The summed E-state index contributed by atoms with van der Waals surface area (Å²) in [6.45, 7) is 5.14. The average Bonchev–Trinajstić information content (AvgIpc) is 2.37. The molecule has 5 nitrogen and oxygen atoms in total. The molecule has 1 fully saturated rings. The van der Waals surface area contributed by atoms with E-state index in [1.165, 1.54) is 0 Å². The Balaban J connectivity index is 2.16. The highest BCUT2D eigenvalue weighted by Gasteiger charge is 2.29. The second-order valence-electron chi connectivity index (χ2n) is 5.81. The smallest absolute Gasteiger partial charge is 0.410 e. The third-order valence-electron chi connectivity index (χ3n) is 2.77. The number of hydrogen-bond donors (Lipinski definition) is 0. The minimum Gasteiger partial charge on any atom is -0.444 e. The number of aromatic nitrogens is 1. The third-order valence-corrected chi connectivity index (χ3v) is 2.77. The summed E-state index contributed by atoms with van der Waals surface area (Å²) in [5, 5.41) is 0. The zero-order valence-corrected chi connectivity index (χ0v) is 12.3. The number of morpholine rings is 1. The summed E-state index contributed by atoms with van der Waals surface area (Å²) >= 11 is 0. The fraction of sp³-hybridized carbons (Fsp3) is 0.600. The normalized spacial score (nSPS) is 23.8. The monoisotopic (exact) mass is 280 g/mol. The second-order valence-corrected chi connectivity index (χ2v) is 5.81. The number of pyridine rings is 1. The highest BCUT2D eigenvalue weighted by atomic mass is 16.6. The van der Waals surface area contributed by atoms with Crippen LogP contribution < -0.4 is 0 Å². The number of aryl methyl sites for hydroxylation is 1. The van der Waals surface area contributed by atoms with Crippen molar-refractivity contribution in [1.29, 1.82) is 0 Å². The predicted molar refractivity (Wildman–Crippen MR) is 75.5 cm³/mol. The predicted octanol–water partition coefficient (Wildman–Crippen LogP) is 2.70. The number of rotatable bonds is 1. The molecule has 0 unspecified atom stereocenters. The first-order valence-electron chi connectivity index (χ1n) is 7.63. The van der Waals surface area contributed by atoms with E-state index in [1.54, 1.807) is 27.0 Å². The van der Waals surface area contributed by atoms with Gasteiger partial charge in [0.05, 0.1) is 21.6 Å². The Bertz CT molecular complexity index is 541. The number of amides is 1. The van der Waals surface area contributed by atoms with Crippen LogP contribution in [0.5, 0.6) is 0 Å². The van der Waals surface area contributed by atoms with E-state index in [2.05, 4.69) is 4.98 Å². The van der Waals surface area contributed by atoms with Crippen LogP contribution in [0.15, 0.2) is 18.3 Å². The first-order valence-corrected chi connectivity index (χ1v) is 6.63. The fourth-order valence-electron chi connectivity index (χ4n) is 1.80. The van der Waals surface area contributed by atoms with E-state index in [4.69, 9.17) is 12.2 Å². The highest BCUT2D eigenvalue weighted by molar-refractivity contribution is 5.68. The van der Waals surface area contributed by atoms with Crippen LogP contribution in [0.3, 0.4) is 0 Å². The lowest BCUT2D eigenvalue weighted by Crippen LogP contribution is -2.44. The van der Waals surface area contributed by atoms with Crippen molar-refractivity contribution in [3.63, 3.8) is 0 Å². The Kier molecular flexibility index (Phi) is 3.52. The Morgan fingerprint density at radius 1 is 1.55 bits per heavy atom. The van der Waals surface area contributed by atoms with Gasteiger partial charge in [0.15, 0.2) is 0 Å². The lowest BCUT2D eigenvalue weighted by atomic mass is 10.1. The van der Waals surface area contributed by atoms with E-state index in [1.807, 2.05) is 19.1 Å². The molecule has 1 atom stereocenters. The first kappa shape index (κ1) is 12.1. The largest absolute Gasteiger partial charge is 0.444 e. The average molecular weight is 280 g/mol. The summed E-state index contributed by atoms with van der Waals surface area (Å²) in [6.07, 6.45) is 0.578. The lowest BCUT2D eigenvalue weighted by molar-refractivity contribution is -0.0447. The van der Waals surface area contributed by atoms with Crippen molar-refractivity contribution in [2.24, 2.45) is 0 Å². The topological polar surface area (TPSA) is 51.7 Å². The first-order chi connectivity index (χ1) is 10.1. The van der Waals surface area contributed by atoms with Gasteiger partial charge in [-0.1, -0.05) is 6.07 Å². The van der Waals surface area contributed by atoms with Crippen LogP contribution in [-0.2, 0) is 9.47 Å². The second kappa shape index (κ2) is 5.79. The molecule has 2 rings (SSSR count). The van der Waals surface area contributed by atoms with Gasteiger partial charge in [0.2, 0.25) is 0 Å². The quantitative estimate of drug-likeness (QED) is 0.793. The fourth-order valence-corrected chi connectivity index (χ4v) is 1.80. The van der Waals surface area contributed by atoms with Gasteiger partial charge in [0.25, 0.3) is 0 Å². The summed E-state index contributed by atoms with van der Waals surface area (Å²) < 4.78 is 26.7. The molecular weight excluding hydrogens is 256 g/mol. The molecule has 0 spiro atoms. The lowest BCUT2D eigenvalue weighted by Gasteiger charge is -2.34. The molecule has 0 aromatic carbocycles. The maximum Gasteiger partial charge on any atom is 0.410 e. The highest BCUT2D eigenvalue weighted by Crippen LogP contribution is 2.22. The summed E-state index contributed by atoms with van der Waals surface area (Å²) in [5.74, 6) is 0. The van der Waals surface area contributed by atoms with Gasteiger partial charge in [0, 0.05) is 12.7 Å².